The molecular formula is C22H23FN2OS. The molecule has 1 amide bonds. The molecule has 27 heavy (non-hydrogen) atoms. The number of nitrogens with zero attached hydrogens (tertiary/aromatic N) is 1. The van der Waals surface area contributed by atoms with Crippen LogP contribution in [-0.2, 0) is 4.79 Å². The average molecular weight is 383 g/mol. The third kappa shape index (κ3) is 4.51. The number of nitrogens with one attached hydrogen (secondary N) is 1. The molecule has 3 atom stereocenters. The minimum absolute atomic E-state index is 0.0448. The van der Waals surface area contributed by atoms with Crippen molar-refractivity contribution in [3.8, 4) is 17.2 Å². The number of amides is 1. The lowest BCUT2D eigenvalue weighted by Gasteiger charge is -2.33. The van der Waals surface area contributed by atoms with Crippen molar-refractivity contribution in [3.63, 3.8) is 0 Å². The van der Waals surface area contributed by atoms with Gasteiger partial charge in [-0.3, -0.25) is 4.79 Å². The molecule has 1 N–H and O–H groups in total. The molecule has 0 saturated heterocycles. The molecule has 0 radical (unpaired) electrons. The summed E-state index contributed by atoms with van der Waals surface area (Å²) in [7, 11) is 0. The number of carbonyl (C=O) groups excluding carboxylic acids is 1. The third-order valence-electron chi connectivity index (χ3n) is 5.23. The van der Waals surface area contributed by atoms with Crippen LogP contribution >= 0.6 is 11.8 Å². The van der Waals surface area contributed by atoms with E-state index in [1.54, 1.807) is 11.8 Å². The molecule has 140 valence electrons. The predicted octanol–water partition coefficient (Wildman–Crippen LogP) is 4.94. The van der Waals surface area contributed by atoms with Crippen molar-refractivity contribution < 1.29 is 9.18 Å². The largest absolute Gasteiger partial charge is 0.343 e. The number of nitriles is 1. The van der Waals surface area contributed by atoms with E-state index in [-0.39, 0.29) is 24.8 Å². The molecule has 3 rings (SSSR count). The van der Waals surface area contributed by atoms with E-state index in [9.17, 15) is 9.18 Å². The quantitative estimate of drug-likeness (QED) is 0.589. The fourth-order valence-corrected chi connectivity index (χ4v) is 4.30. The van der Waals surface area contributed by atoms with Crippen molar-refractivity contribution in [1.82, 2.24) is 5.32 Å². The number of benzene rings is 2. The lowest BCUT2D eigenvalue weighted by atomic mass is 9.72. The maximum Gasteiger partial charge on any atom is 0.224 e. The molecule has 2 aromatic carbocycles. The van der Waals surface area contributed by atoms with Gasteiger partial charge >= 0.3 is 0 Å². The predicted molar refractivity (Wildman–Crippen MR) is 107 cm³/mol. The first-order valence-corrected chi connectivity index (χ1v) is 10.4. The van der Waals surface area contributed by atoms with Crippen LogP contribution in [0.3, 0.4) is 0 Å². The summed E-state index contributed by atoms with van der Waals surface area (Å²) in [6, 6.07) is 18.4. The number of hydrogen-bond acceptors (Lipinski definition) is 3. The highest BCUT2D eigenvalue weighted by Gasteiger charge is 2.37. The highest BCUT2D eigenvalue weighted by atomic mass is 32.2. The van der Waals surface area contributed by atoms with Crippen LogP contribution in [0.2, 0.25) is 0 Å². The van der Waals surface area contributed by atoms with Gasteiger partial charge in [-0.15, -0.1) is 11.8 Å². The van der Waals surface area contributed by atoms with Gasteiger partial charge in [-0.25, -0.2) is 4.39 Å². The number of carbonyl (C=O) groups is 1. The van der Waals surface area contributed by atoms with Gasteiger partial charge in [-0.05, 0) is 60.3 Å². The van der Waals surface area contributed by atoms with Crippen molar-refractivity contribution in [3.05, 3.63) is 54.1 Å². The van der Waals surface area contributed by atoms with Gasteiger partial charge in [0.2, 0.25) is 5.91 Å². The maximum absolute atomic E-state index is 14.1. The number of rotatable bonds is 5. The highest BCUT2D eigenvalue weighted by Crippen LogP contribution is 2.42. The Labute approximate surface area is 164 Å². The Morgan fingerprint density at radius 3 is 2.67 bits per heavy atom. The van der Waals surface area contributed by atoms with Gasteiger partial charge in [0.15, 0.2) is 0 Å². The van der Waals surface area contributed by atoms with Crippen molar-refractivity contribution in [2.75, 3.05) is 12.8 Å². The summed E-state index contributed by atoms with van der Waals surface area (Å²) < 4.78 is 14.1. The Morgan fingerprint density at radius 1 is 1.22 bits per heavy atom. The van der Waals surface area contributed by atoms with E-state index in [0.717, 1.165) is 16.7 Å². The minimum atomic E-state index is -0.966. The lowest BCUT2D eigenvalue weighted by Crippen LogP contribution is -2.38. The molecule has 1 aliphatic carbocycles. The van der Waals surface area contributed by atoms with Crippen molar-refractivity contribution >= 4 is 17.7 Å². The Kier molecular flexibility index (Phi) is 6.52. The summed E-state index contributed by atoms with van der Waals surface area (Å²) in [4.78, 5) is 13.8. The first kappa shape index (κ1) is 19.4. The fourth-order valence-electron chi connectivity index (χ4n) is 3.89. The van der Waals surface area contributed by atoms with Crippen LogP contribution in [0.15, 0.2) is 53.4 Å². The number of hydrogen-bond donors (Lipinski definition) is 1. The van der Waals surface area contributed by atoms with E-state index in [1.165, 1.54) is 4.90 Å². The molecule has 0 heterocycles. The fraction of sp³-hybridized carbons (Fsp3) is 0.364. The summed E-state index contributed by atoms with van der Waals surface area (Å²) in [6.07, 6.45) is 2.38. The third-order valence-corrected chi connectivity index (χ3v) is 5.97. The summed E-state index contributed by atoms with van der Waals surface area (Å²) in [5.41, 5.74) is 3.27. The smallest absolute Gasteiger partial charge is 0.224 e. The summed E-state index contributed by atoms with van der Waals surface area (Å²) >= 11 is 1.70. The van der Waals surface area contributed by atoms with Crippen molar-refractivity contribution in [2.45, 2.75) is 36.2 Å². The second-order valence-corrected chi connectivity index (χ2v) is 7.69. The van der Waals surface area contributed by atoms with Gasteiger partial charge in [0.25, 0.3) is 0 Å². The molecule has 1 fully saturated rings. The van der Waals surface area contributed by atoms with Crippen LogP contribution in [0.25, 0.3) is 11.1 Å². The Balaban J connectivity index is 1.95. The standard InChI is InChI=1S/C22H23FN2OS/c1-27-17-9-6-15(7-10-17)18-4-2-3-5-19(18)20-11-8-16(23)14-21(20)22(26)25-13-12-24/h2-7,9-10,16,20-21H,8,11,13-14H2,1H3,(H,25,26)/t16-,20?,21-/m1/s1. The number of thioether (sulfide) groups is 1. The Hall–Kier alpha value is -2.32. The molecule has 1 aliphatic rings. The second kappa shape index (κ2) is 9.05. The summed E-state index contributed by atoms with van der Waals surface area (Å²) in [5, 5.41) is 11.4. The number of alkyl halides is 1. The molecule has 1 saturated carbocycles. The molecule has 0 spiro atoms. The molecule has 3 nitrogen and oxygen atoms in total. The van der Waals surface area contributed by atoms with Gasteiger partial charge in [0.05, 0.1) is 6.07 Å². The van der Waals surface area contributed by atoms with Crippen molar-refractivity contribution in [1.29, 1.82) is 5.26 Å². The monoisotopic (exact) mass is 382 g/mol. The van der Waals surface area contributed by atoms with Crippen LogP contribution in [0.1, 0.15) is 30.7 Å². The summed E-state index contributed by atoms with van der Waals surface area (Å²) in [5.74, 6) is -0.725. The molecular weight excluding hydrogens is 359 g/mol. The Morgan fingerprint density at radius 2 is 1.96 bits per heavy atom. The van der Waals surface area contributed by atoms with E-state index >= 15 is 0 Å². The van der Waals surface area contributed by atoms with E-state index < -0.39 is 12.1 Å². The normalized spacial score (nSPS) is 22.0. The lowest BCUT2D eigenvalue weighted by molar-refractivity contribution is -0.127. The van der Waals surface area contributed by atoms with Crippen LogP contribution in [-0.4, -0.2) is 24.9 Å². The van der Waals surface area contributed by atoms with Gasteiger partial charge in [-0.1, -0.05) is 36.4 Å². The van der Waals surface area contributed by atoms with E-state index in [2.05, 4.69) is 35.6 Å². The molecule has 5 heteroatoms. The van der Waals surface area contributed by atoms with Gasteiger partial charge in [0, 0.05) is 10.8 Å². The summed E-state index contributed by atoms with van der Waals surface area (Å²) in [6.45, 7) is -0.0448. The Bertz CT molecular complexity index is 831. The second-order valence-electron chi connectivity index (χ2n) is 6.81. The average Bonchev–Trinajstić information content (AvgIpc) is 2.72. The van der Waals surface area contributed by atoms with Crippen LogP contribution < -0.4 is 5.32 Å². The van der Waals surface area contributed by atoms with Crippen LogP contribution in [0.5, 0.6) is 0 Å². The first-order valence-electron chi connectivity index (χ1n) is 9.16. The molecule has 0 aromatic heterocycles. The number of halogens is 1. The van der Waals surface area contributed by atoms with E-state index in [1.807, 2.05) is 30.5 Å². The SMILES string of the molecule is CSc1ccc(-c2ccccc2C2CC[C@@H](F)C[C@H]2C(=O)NCC#N)cc1. The molecule has 2 aromatic rings. The molecule has 0 bridgehead atoms. The van der Waals surface area contributed by atoms with Gasteiger partial charge in [-0.2, -0.15) is 5.26 Å². The topological polar surface area (TPSA) is 52.9 Å². The van der Waals surface area contributed by atoms with Crippen molar-refractivity contribution in [2.24, 2.45) is 5.92 Å². The van der Waals surface area contributed by atoms with Crippen LogP contribution in [0, 0.1) is 17.2 Å². The van der Waals surface area contributed by atoms with E-state index in [4.69, 9.17) is 5.26 Å². The van der Waals surface area contributed by atoms with Gasteiger partial charge in [0.1, 0.15) is 12.7 Å². The van der Waals surface area contributed by atoms with E-state index in [0.29, 0.717) is 12.8 Å². The van der Waals surface area contributed by atoms with Crippen LogP contribution in [0.4, 0.5) is 4.39 Å². The zero-order valence-corrected chi connectivity index (χ0v) is 16.1. The zero-order chi connectivity index (χ0) is 19.2. The first-order chi connectivity index (χ1) is 13.1. The molecule has 1 unspecified atom stereocenters. The zero-order valence-electron chi connectivity index (χ0n) is 15.3. The molecule has 0 aliphatic heterocycles. The highest BCUT2D eigenvalue weighted by molar-refractivity contribution is 7.98. The maximum atomic E-state index is 14.1. The van der Waals surface area contributed by atoms with Gasteiger partial charge < -0.3 is 5.32 Å². The minimum Gasteiger partial charge on any atom is -0.343 e.